The minimum atomic E-state index is -1.11. The van der Waals surface area contributed by atoms with E-state index < -0.39 is 8.07 Å². The van der Waals surface area contributed by atoms with Crippen molar-refractivity contribution in [2.24, 2.45) is 5.73 Å². The van der Waals surface area contributed by atoms with Crippen molar-refractivity contribution in [2.75, 3.05) is 0 Å². The van der Waals surface area contributed by atoms with Gasteiger partial charge >= 0.3 is 0 Å². The molecule has 0 aliphatic heterocycles. The van der Waals surface area contributed by atoms with Gasteiger partial charge in [-0.1, -0.05) is 31.8 Å². The Labute approximate surface area is 92.7 Å². The van der Waals surface area contributed by atoms with Crippen molar-refractivity contribution in [3.8, 4) is 6.07 Å². The second kappa shape index (κ2) is 4.60. The van der Waals surface area contributed by atoms with Crippen LogP contribution in [0.25, 0.3) is 0 Å². The summed E-state index contributed by atoms with van der Waals surface area (Å²) in [7, 11) is -1.11. The second-order valence-corrected chi connectivity index (χ2v) is 10.6. The average Bonchev–Trinajstić information content (AvgIpc) is 2.15. The van der Waals surface area contributed by atoms with Gasteiger partial charge in [0.1, 0.15) is 0 Å². The third-order valence-corrected chi connectivity index (χ3v) is 3.96. The van der Waals surface area contributed by atoms with Gasteiger partial charge in [-0.05, 0) is 23.7 Å². The van der Waals surface area contributed by atoms with E-state index in [9.17, 15) is 0 Å². The maximum atomic E-state index is 8.68. The van der Waals surface area contributed by atoms with Crippen LogP contribution in [-0.2, 0) is 0 Å². The lowest BCUT2D eigenvalue weighted by Crippen LogP contribution is -2.26. The first-order valence-electron chi connectivity index (χ1n) is 5.18. The first-order valence-corrected chi connectivity index (χ1v) is 8.89. The first kappa shape index (κ1) is 12.0. The topological polar surface area (TPSA) is 49.8 Å². The fraction of sp³-hybridized carbons (Fsp3) is 0.417. The van der Waals surface area contributed by atoms with E-state index in [0.29, 0.717) is 5.56 Å². The molecule has 1 aromatic rings. The summed E-state index contributed by atoms with van der Waals surface area (Å²) in [5.74, 6) is 0. The van der Waals surface area contributed by atoms with Crippen LogP contribution in [0, 0.1) is 11.3 Å². The fourth-order valence-electron chi connectivity index (χ4n) is 1.58. The molecule has 0 bridgehead atoms. The smallest absolute Gasteiger partial charge is 0.0991 e. The predicted octanol–water partition coefficient (Wildman–Crippen LogP) is 2.90. The molecule has 0 heterocycles. The molecule has 0 aliphatic rings. The van der Waals surface area contributed by atoms with E-state index in [1.807, 2.05) is 24.3 Å². The Kier molecular flexibility index (Phi) is 3.67. The number of nitrogens with zero attached hydrogens (tertiary/aromatic N) is 1. The van der Waals surface area contributed by atoms with Gasteiger partial charge in [0.25, 0.3) is 0 Å². The highest BCUT2D eigenvalue weighted by atomic mass is 28.3. The van der Waals surface area contributed by atoms with Gasteiger partial charge in [-0.3, -0.25) is 0 Å². The summed E-state index contributed by atoms with van der Waals surface area (Å²) in [6.45, 7) is 6.95. The largest absolute Gasteiger partial charge is 0.324 e. The molecule has 0 amide bonds. The standard InChI is InChI=1S/C12H18N2Si/c1-15(2,3)9-12(14)11-6-4-10(8-13)5-7-11/h4-7,12H,9,14H2,1-3H3. The normalized spacial score (nSPS) is 13.3. The molecule has 0 saturated heterocycles. The molecule has 0 spiro atoms. The molecule has 0 aliphatic carbocycles. The molecule has 1 rings (SSSR count). The monoisotopic (exact) mass is 218 g/mol. The molecule has 1 unspecified atom stereocenters. The molecule has 0 saturated carbocycles. The highest BCUT2D eigenvalue weighted by molar-refractivity contribution is 6.76. The van der Waals surface area contributed by atoms with Crippen molar-refractivity contribution >= 4 is 8.07 Å². The zero-order valence-corrected chi connectivity index (χ0v) is 10.6. The Morgan fingerprint density at radius 2 is 1.80 bits per heavy atom. The molecule has 2 N–H and O–H groups in total. The molecular weight excluding hydrogens is 200 g/mol. The van der Waals surface area contributed by atoms with Crippen LogP contribution >= 0.6 is 0 Å². The number of hydrogen-bond acceptors (Lipinski definition) is 2. The molecule has 1 atom stereocenters. The number of nitrogens with two attached hydrogens (primary N) is 1. The zero-order chi connectivity index (χ0) is 11.5. The summed E-state index contributed by atoms with van der Waals surface area (Å²) < 4.78 is 0. The van der Waals surface area contributed by atoms with E-state index in [2.05, 4.69) is 25.7 Å². The lowest BCUT2D eigenvalue weighted by Gasteiger charge is -2.21. The molecule has 2 nitrogen and oxygen atoms in total. The van der Waals surface area contributed by atoms with Gasteiger partial charge in [-0.25, -0.2) is 0 Å². The summed E-state index contributed by atoms with van der Waals surface area (Å²) in [6.07, 6.45) is 0. The average molecular weight is 218 g/mol. The van der Waals surface area contributed by atoms with Gasteiger partial charge in [0.2, 0.25) is 0 Å². The van der Waals surface area contributed by atoms with E-state index in [0.717, 1.165) is 11.6 Å². The SMILES string of the molecule is C[Si](C)(C)CC(N)c1ccc(C#N)cc1. The Bertz CT molecular complexity index is 357. The van der Waals surface area contributed by atoms with Gasteiger partial charge < -0.3 is 5.73 Å². The Morgan fingerprint density at radius 1 is 1.27 bits per heavy atom. The van der Waals surface area contributed by atoms with Crippen molar-refractivity contribution in [1.29, 1.82) is 5.26 Å². The summed E-state index contributed by atoms with van der Waals surface area (Å²) >= 11 is 0. The quantitative estimate of drug-likeness (QED) is 0.793. The van der Waals surface area contributed by atoms with E-state index in [1.54, 1.807) is 0 Å². The van der Waals surface area contributed by atoms with Gasteiger partial charge in [0.05, 0.1) is 11.6 Å². The number of nitriles is 1. The highest BCUT2D eigenvalue weighted by Crippen LogP contribution is 2.22. The van der Waals surface area contributed by atoms with Crippen LogP contribution < -0.4 is 5.73 Å². The molecule has 1 aromatic carbocycles. The molecule has 80 valence electrons. The fourth-order valence-corrected chi connectivity index (χ4v) is 3.14. The molecule has 15 heavy (non-hydrogen) atoms. The Hall–Kier alpha value is -1.11. The summed E-state index contributed by atoms with van der Waals surface area (Å²) in [6, 6.07) is 10.9. The number of hydrogen-bond donors (Lipinski definition) is 1. The van der Waals surface area contributed by atoms with Crippen LogP contribution in [-0.4, -0.2) is 8.07 Å². The van der Waals surface area contributed by atoms with E-state index in [1.165, 1.54) is 0 Å². The molecule has 3 heteroatoms. The summed E-state index contributed by atoms with van der Waals surface area (Å²) in [4.78, 5) is 0. The van der Waals surface area contributed by atoms with E-state index in [4.69, 9.17) is 11.0 Å². The van der Waals surface area contributed by atoms with Crippen molar-refractivity contribution in [3.05, 3.63) is 35.4 Å². The Balaban J connectivity index is 2.75. The van der Waals surface area contributed by atoms with Gasteiger partial charge in [0, 0.05) is 14.1 Å². The summed E-state index contributed by atoms with van der Waals surface area (Å²) in [5, 5.41) is 8.68. The van der Waals surface area contributed by atoms with Crippen LogP contribution in [0.5, 0.6) is 0 Å². The van der Waals surface area contributed by atoms with Gasteiger partial charge in [0.15, 0.2) is 0 Å². The van der Waals surface area contributed by atoms with Crippen LogP contribution in [0.3, 0.4) is 0 Å². The minimum Gasteiger partial charge on any atom is -0.324 e. The molecule has 0 radical (unpaired) electrons. The second-order valence-electron chi connectivity index (χ2n) is 5.11. The third-order valence-electron chi connectivity index (χ3n) is 2.30. The van der Waals surface area contributed by atoms with Crippen LogP contribution in [0.4, 0.5) is 0 Å². The van der Waals surface area contributed by atoms with Crippen molar-refractivity contribution in [2.45, 2.75) is 31.7 Å². The van der Waals surface area contributed by atoms with Crippen LogP contribution in [0.2, 0.25) is 25.7 Å². The zero-order valence-electron chi connectivity index (χ0n) is 9.62. The maximum Gasteiger partial charge on any atom is 0.0991 e. The third kappa shape index (κ3) is 3.86. The van der Waals surface area contributed by atoms with Crippen molar-refractivity contribution in [3.63, 3.8) is 0 Å². The molecule has 0 aromatic heterocycles. The highest BCUT2D eigenvalue weighted by Gasteiger charge is 2.18. The van der Waals surface area contributed by atoms with E-state index in [-0.39, 0.29) is 6.04 Å². The molecular formula is C12H18N2Si. The van der Waals surface area contributed by atoms with Crippen molar-refractivity contribution in [1.82, 2.24) is 0 Å². The minimum absolute atomic E-state index is 0.115. The maximum absolute atomic E-state index is 8.68. The van der Waals surface area contributed by atoms with Crippen LogP contribution in [0.1, 0.15) is 17.2 Å². The predicted molar refractivity (Wildman–Crippen MR) is 66.2 cm³/mol. The number of benzene rings is 1. The molecule has 0 fully saturated rings. The summed E-state index contributed by atoms with van der Waals surface area (Å²) in [5.41, 5.74) is 7.95. The van der Waals surface area contributed by atoms with E-state index >= 15 is 0 Å². The lowest BCUT2D eigenvalue weighted by molar-refractivity contribution is 0.800. The lowest BCUT2D eigenvalue weighted by atomic mass is 10.1. The first-order chi connectivity index (χ1) is 6.92. The Morgan fingerprint density at radius 3 is 2.20 bits per heavy atom. The number of rotatable bonds is 3. The van der Waals surface area contributed by atoms with Crippen molar-refractivity contribution < 1.29 is 0 Å². The van der Waals surface area contributed by atoms with Crippen LogP contribution in [0.15, 0.2) is 24.3 Å². The van der Waals surface area contributed by atoms with Gasteiger partial charge in [-0.15, -0.1) is 0 Å². The van der Waals surface area contributed by atoms with Gasteiger partial charge in [-0.2, -0.15) is 5.26 Å².